The summed E-state index contributed by atoms with van der Waals surface area (Å²) in [5.41, 5.74) is 0. The molecule has 33 heavy (non-hydrogen) atoms. The van der Waals surface area contributed by atoms with Crippen LogP contribution in [-0.2, 0) is 17.5 Å². The van der Waals surface area contributed by atoms with Crippen molar-refractivity contribution in [3.8, 4) is 0 Å². The van der Waals surface area contributed by atoms with Gasteiger partial charge in [0.05, 0.1) is 30.7 Å². The maximum absolute atomic E-state index is 12.3. The minimum atomic E-state index is -1.22. The Morgan fingerprint density at radius 2 is 2.09 bits per heavy atom. The minimum Gasteiger partial charge on any atom is -0.510 e. The first-order chi connectivity index (χ1) is 15.9. The van der Waals surface area contributed by atoms with Gasteiger partial charge in [0.1, 0.15) is 26.7 Å². The first-order valence-corrected chi connectivity index (χ1v) is 13.7. The number of aliphatic hydroxyl groups excluding tert-OH is 1. The summed E-state index contributed by atoms with van der Waals surface area (Å²) in [4.78, 5) is 0. The van der Waals surface area contributed by atoms with Crippen molar-refractivity contribution in [1.82, 2.24) is 18.4 Å². The first-order valence-electron chi connectivity index (χ1n) is 11.0. The second-order valence-corrected chi connectivity index (χ2v) is 10.8. The van der Waals surface area contributed by atoms with Gasteiger partial charge >= 0.3 is 0 Å². The number of aromatic nitrogens is 2. The summed E-state index contributed by atoms with van der Waals surface area (Å²) >= 11 is 2.50. The monoisotopic (exact) mass is 515 g/mol. The van der Waals surface area contributed by atoms with Gasteiger partial charge in [-0.25, -0.2) is 8.51 Å². The molecule has 1 aliphatic rings. The molecular formula is C22H37N5O3S3. The maximum Gasteiger partial charge on any atom is 0.160 e. The number of thioether (sulfide) groups is 1. The van der Waals surface area contributed by atoms with Crippen LogP contribution in [0, 0.1) is 5.92 Å². The van der Waals surface area contributed by atoms with Crippen LogP contribution in [0.25, 0.3) is 0 Å². The molecule has 0 radical (unpaired) electrons. The van der Waals surface area contributed by atoms with Crippen LogP contribution in [0.3, 0.4) is 0 Å². The highest BCUT2D eigenvalue weighted by molar-refractivity contribution is 8.17. The van der Waals surface area contributed by atoms with Crippen molar-refractivity contribution in [2.75, 3.05) is 25.5 Å². The zero-order chi connectivity index (χ0) is 24.5. The normalized spacial score (nSPS) is 15.3. The molecule has 11 heteroatoms. The van der Waals surface area contributed by atoms with Crippen LogP contribution in [-0.4, -0.2) is 42.5 Å². The predicted octanol–water partition coefficient (Wildman–Crippen LogP) is 5.71. The number of aliphatic hydroxyl groups is 1. The lowest BCUT2D eigenvalue weighted by molar-refractivity contribution is 0.394. The van der Waals surface area contributed by atoms with E-state index in [1.165, 1.54) is 23.5 Å². The van der Waals surface area contributed by atoms with E-state index in [2.05, 4.69) is 40.2 Å². The molecule has 2 aromatic heterocycles. The highest BCUT2D eigenvalue weighted by atomic mass is 32.2. The lowest BCUT2D eigenvalue weighted by Gasteiger charge is -2.16. The van der Waals surface area contributed by atoms with E-state index in [0.29, 0.717) is 17.2 Å². The maximum atomic E-state index is 12.3. The van der Waals surface area contributed by atoms with Crippen molar-refractivity contribution in [2.24, 2.45) is 5.92 Å². The molecule has 1 saturated heterocycles. The third kappa shape index (κ3) is 12.9. The van der Waals surface area contributed by atoms with Crippen LogP contribution in [0.4, 0.5) is 5.82 Å². The van der Waals surface area contributed by atoms with Crippen LogP contribution in [0.1, 0.15) is 52.7 Å². The molecule has 1 atom stereocenters. The van der Waals surface area contributed by atoms with Gasteiger partial charge in [0.15, 0.2) is 5.82 Å². The summed E-state index contributed by atoms with van der Waals surface area (Å²) in [5, 5.41) is 17.6. The molecule has 0 bridgehead atoms. The smallest absolute Gasteiger partial charge is 0.160 e. The molecule has 3 heterocycles. The van der Waals surface area contributed by atoms with E-state index in [-0.39, 0.29) is 5.76 Å². The van der Waals surface area contributed by atoms with Gasteiger partial charge < -0.3 is 20.2 Å². The Balaban J connectivity index is 0.000000295. The molecule has 0 aliphatic carbocycles. The third-order valence-electron chi connectivity index (χ3n) is 3.82. The van der Waals surface area contributed by atoms with Crippen molar-refractivity contribution in [1.29, 1.82) is 0 Å². The van der Waals surface area contributed by atoms with Gasteiger partial charge in [0, 0.05) is 32.8 Å². The predicted molar refractivity (Wildman–Crippen MR) is 141 cm³/mol. The summed E-state index contributed by atoms with van der Waals surface area (Å²) in [7, 11) is 0.583. The standard InChI is InChI=1S/C11H20N2O2S2.C7H7N3OS.C4H10/c1-3-10(14)11(16-9-6-12-2)17(15)13-7-4-5-8-13;1-2-6(11-3-1)4-8-7-5-9-12-10-7;1-4(2)3/h6,9,12,14H,3-5,7-8H2,1-2H3;1-3,5H,4H2,(H,8,10);4H,1-3H3/b9-6+,11-10-;;. The summed E-state index contributed by atoms with van der Waals surface area (Å²) in [6, 6.07) is 3.77. The van der Waals surface area contributed by atoms with Gasteiger partial charge in [-0.1, -0.05) is 39.5 Å². The number of furan rings is 1. The van der Waals surface area contributed by atoms with Gasteiger partial charge in [0.25, 0.3) is 0 Å². The van der Waals surface area contributed by atoms with Crippen molar-refractivity contribution in [3.05, 3.63) is 52.0 Å². The molecule has 3 N–H and O–H groups in total. The van der Waals surface area contributed by atoms with Crippen molar-refractivity contribution < 1.29 is 13.7 Å². The van der Waals surface area contributed by atoms with E-state index in [0.717, 1.165) is 43.4 Å². The highest BCUT2D eigenvalue weighted by Gasteiger charge is 2.23. The molecule has 1 aliphatic heterocycles. The van der Waals surface area contributed by atoms with Gasteiger partial charge in [-0.05, 0) is 36.3 Å². The van der Waals surface area contributed by atoms with Crippen LogP contribution >= 0.6 is 23.5 Å². The Bertz CT molecular complexity index is 781. The van der Waals surface area contributed by atoms with E-state index in [1.807, 2.05) is 23.4 Å². The van der Waals surface area contributed by atoms with Gasteiger partial charge in [-0.15, -0.1) is 0 Å². The molecular weight excluding hydrogens is 478 g/mol. The SMILES string of the molecule is CC(C)C.CC/C(O)=C(\S/C=C/NC)S(=O)N1CCCC1.c1coc(CNc2cnsn2)c1. The van der Waals surface area contributed by atoms with Crippen molar-refractivity contribution in [3.63, 3.8) is 0 Å². The zero-order valence-corrected chi connectivity index (χ0v) is 22.6. The van der Waals surface area contributed by atoms with E-state index < -0.39 is 11.0 Å². The highest BCUT2D eigenvalue weighted by Crippen LogP contribution is 2.28. The summed E-state index contributed by atoms with van der Waals surface area (Å²) in [5.74, 6) is 2.74. The molecule has 1 unspecified atom stereocenters. The summed E-state index contributed by atoms with van der Waals surface area (Å²) < 4.78 is 27.7. The number of hydrogen-bond acceptors (Lipinski definition) is 9. The summed E-state index contributed by atoms with van der Waals surface area (Å²) in [6.07, 6.45) is 7.78. The molecule has 1 fully saturated rings. The third-order valence-corrected chi connectivity index (χ3v) is 7.13. The second kappa shape index (κ2) is 17.6. The molecule has 186 valence electrons. The van der Waals surface area contributed by atoms with E-state index in [1.54, 1.807) is 31.1 Å². The van der Waals surface area contributed by atoms with Crippen molar-refractivity contribution >= 4 is 40.3 Å². The summed E-state index contributed by atoms with van der Waals surface area (Å²) in [6.45, 7) is 10.7. The molecule has 8 nitrogen and oxygen atoms in total. The Morgan fingerprint density at radius 1 is 1.39 bits per heavy atom. The zero-order valence-electron chi connectivity index (χ0n) is 20.1. The fraction of sp³-hybridized carbons (Fsp3) is 0.545. The lowest BCUT2D eigenvalue weighted by Crippen LogP contribution is -2.23. The van der Waals surface area contributed by atoms with E-state index >= 15 is 0 Å². The largest absolute Gasteiger partial charge is 0.510 e. The van der Waals surface area contributed by atoms with Gasteiger partial charge in [0.2, 0.25) is 0 Å². The number of hydrogen-bond donors (Lipinski definition) is 3. The number of nitrogens with zero attached hydrogens (tertiary/aromatic N) is 3. The van der Waals surface area contributed by atoms with Crippen LogP contribution < -0.4 is 10.6 Å². The molecule has 2 aromatic rings. The Morgan fingerprint density at radius 3 is 2.61 bits per heavy atom. The average molecular weight is 516 g/mol. The fourth-order valence-electron chi connectivity index (χ4n) is 2.32. The molecule has 0 amide bonds. The number of allylic oxidation sites excluding steroid dienone is 1. The van der Waals surface area contributed by atoms with Gasteiger partial charge in [-0.3, -0.25) is 0 Å². The molecule has 0 saturated carbocycles. The Kier molecular flexibility index (Phi) is 15.6. The number of rotatable bonds is 9. The Hall–Kier alpha value is -1.82. The Labute approximate surface area is 208 Å². The molecule has 3 rings (SSSR count). The van der Waals surface area contributed by atoms with Crippen molar-refractivity contribution in [2.45, 2.75) is 53.5 Å². The second-order valence-electron chi connectivity index (χ2n) is 7.64. The molecule has 0 spiro atoms. The van der Waals surface area contributed by atoms with E-state index in [4.69, 9.17) is 4.42 Å². The lowest BCUT2D eigenvalue weighted by atomic mass is 10.3. The van der Waals surface area contributed by atoms with Crippen LogP contribution in [0.15, 0.2) is 50.6 Å². The number of nitrogens with one attached hydrogen (secondary N) is 2. The fourth-order valence-corrected chi connectivity index (χ4v) is 5.31. The minimum absolute atomic E-state index is 0.223. The first kappa shape index (κ1) is 29.2. The van der Waals surface area contributed by atoms with E-state index in [9.17, 15) is 9.32 Å². The number of anilines is 1. The van der Waals surface area contributed by atoms with Gasteiger partial charge in [-0.2, -0.15) is 8.75 Å². The average Bonchev–Trinajstić information content (AvgIpc) is 3.58. The van der Waals surface area contributed by atoms with Crippen LogP contribution in [0.2, 0.25) is 0 Å². The quantitative estimate of drug-likeness (QED) is 0.365. The topological polar surface area (TPSA) is 104 Å². The van der Waals surface area contributed by atoms with Crippen LogP contribution in [0.5, 0.6) is 0 Å². The molecule has 0 aromatic carbocycles.